The van der Waals surface area contributed by atoms with Gasteiger partial charge in [-0.1, -0.05) is 6.07 Å². The first kappa shape index (κ1) is 16.3. The lowest BCUT2D eigenvalue weighted by molar-refractivity contribution is 0.0811. The fourth-order valence-electron chi connectivity index (χ4n) is 4.21. The van der Waals surface area contributed by atoms with Gasteiger partial charge in [-0.3, -0.25) is 4.90 Å². The Morgan fingerprint density at radius 3 is 3.00 bits per heavy atom. The first-order valence-electron chi connectivity index (χ1n) is 8.90. The van der Waals surface area contributed by atoms with E-state index in [9.17, 15) is 0 Å². The molecule has 3 fully saturated rings. The van der Waals surface area contributed by atoms with Crippen molar-refractivity contribution in [2.45, 2.75) is 25.0 Å². The van der Waals surface area contributed by atoms with Crippen molar-refractivity contribution in [2.24, 2.45) is 11.8 Å². The van der Waals surface area contributed by atoms with Crippen molar-refractivity contribution < 1.29 is 9.47 Å². The SMILES string of the molecule is N#Cc1cccc(OC[C@H]2CO[C@@H]3CN(C4CCSCC4)C[C@H]23)c1. The van der Waals surface area contributed by atoms with Crippen LogP contribution in [0.2, 0.25) is 0 Å². The van der Waals surface area contributed by atoms with Gasteiger partial charge >= 0.3 is 0 Å². The monoisotopic (exact) mass is 344 g/mol. The number of rotatable bonds is 4. The van der Waals surface area contributed by atoms with E-state index >= 15 is 0 Å². The van der Waals surface area contributed by atoms with Crippen molar-refractivity contribution in [1.29, 1.82) is 5.26 Å². The predicted octanol–water partition coefficient (Wildman–Crippen LogP) is 2.78. The summed E-state index contributed by atoms with van der Waals surface area (Å²) < 4.78 is 12.0. The van der Waals surface area contributed by atoms with E-state index in [1.165, 1.54) is 24.3 Å². The Labute approximate surface area is 148 Å². The van der Waals surface area contributed by atoms with Crippen LogP contribution >= 0.6 is 11.8 Å². The standard InChI is InChI=1S/C19H24N2O2S/c20-9-14-2-1-3-17(8-14)22-12-15-13-23-19-11-21(10-18(15)19)16-4-6-24-7-5-16/h1-3,8,15-16,18-19H,4-7,10-13H2/t15-,18+,19+/m0/s1. The van der Waals surface area contributed by atoms with E-state index in [0.29, 0.717) is 30.1 Å². The molecule has 0 radical (unpaired) electrons. The zero-order valence-corrected chi connectivity index (χ0v) is 14.7. The summed E-state index contributed by atoms with van der Waals surface area (Å²) in [6.07, 6.45) is 3.04. The molecule has 3 aliphatic heterocycles. The maximum Gasteiger partial charge on any atom is 0.120 e. The van der Waals surface area contributed by atoms with Gasteiger partial charge < -0.3 is 9.47 Å². The van der Waals surface area contributed by atoms with Crippen LogP contribution < -0.4 is 4.74 Å². The number of nitriles is 1. The highest BCUT2D eigenvalue weighted by molar-refractivity contribution is 7.99. The minimum Gasteiger partial charge on any atom is -0.493 e. The molecule has 1 aromatic carbocycles. The fraction of sp³-hybridized carbons (Fsp3) is 0.632. The van der Waals surface area contributed by atoms with E-state index in [4.69, 9.17) is 14.7 Å². The molecule has 0 N–H and O–H groups in total. The molecule has 3 aliphatic rings. The molecule has 0 aliphatic carbocycles. The minimum atomic E-state index is 0.388. The summed E-state index contributed by atoms with van der Waals surface area (Å²) in [5, 5.41) is 8.99. The average molecular weight is 344 g/mol. The van der Waals surface area contributed by atoms with Crippen molar-refractivity contribution in [1.82, 2.24) is 4.90 Å². The Kier molecular flexibility index (Phi) is 4.98. The largest absolute Gasteiger partial charge is 0.493 e. The molecule has 1 aromatic rings. The molecule has 3 heterocycles. The maximum absolute atomic E-state index is 8.99. The second-order valence-corrected chi connectivity index (χ2v) is 8.27. The van der Waals surface area contributed by atoms with E-state index in [-0.39, 0.29) is 0 Å². The highest BCUT2D eigenvalue weighted by Gasteiger charge is 2.45. The van der Waals surface area contributed by atoms with Crippen LogP contribution in [0, 0.1) is 23.2 Å². The fourth-order valence-corrected chi connectivity index (χ4v) is 5.29. The predicted molar refractivity (Wildman–Crippen MR) is 95.3 cm³/mol. The van der Waals surface area contributed by atoms with Crippen LogP contribution in [0.3, 0.4) is 0 Å². The van der Waals surface area contributed by atoms with Crippen LogP contribution in [0.5, 0.6) is 5.75 Å². The van der Waals surface area contributed by atoms with Crippen molar-refractivity contribution in [3.8, 4) is 11.8 Å². The number of nitrogens with zero attached hydrogens (tertiary/aromatic N) is 2. The topological polar surface area (TPSA) is 45.5 Å². The number of fused-ring (bicyclic) bond motifs is 1. The molecule has 5 heteroatoms. The zero-order chi connectivity index (χ0) is 16.4. The molecule has 0 unspecified atom stereocenters. The van der Waals surface area contributed by atoms with Gasteiger partial charge in [-0.15, -0.1) is 0 Å². The summed E-state index contributed by atoms with van der Waals surface area (Å²) in [7, 11) is 0. The molecule has 0 saturated carbocycles. The molecular formula is C19H24N2O2S. The van der Waals surface area contributed by atoms with E-state index in [0.717, 1.165) is 31.5 Å². The Morgan fingerprint density at radius 1 is 1.29 bits per heavy atom. The van der Waals surface area contributed by atoms with Crippen LogP contribution in [0.25, 0.3) is 0 Å². The highest BCUT2D eigenvalue weighted by atomic mass is 32.2. The number of benzene rings is 1. The molecule has 0 amide bonds. The number of ether oxygens (including phenoxy) is 2. The lowest BCUT2D eigenvalue weighted by Gasteiger charge is -2.31. The second-order valence-electron chi connectivity index (χ2n) is 7.04. The third-order valence-corrected chi connectivity index (χ3v) is 6.65. The van der Waals surface area contributed by atoms with Crippen LogP contribution in [0.1, 0.15) is 18.4 Å². The average Bonchev–Trinajstić information content (AvgIpc) is 3.22. The molecule has 4 rings (SSSR count). The summed E-state index contributed by atoms with van der Waals surface area (Å²) in [6.45, 7) is 3.75. The normalized spacial score (nSPS) is 30.9. The first-order valence-corrected chi connectivity index (χ1v) is 10.1. The summed E-state index contributed by atoms with van der Waals surface area (Å²) >= 11 is 2.09. The second kappa shape index (κ2) is 7.35. The van der Waals surface area contributed by atoms with Gasteiger partial charge in [-0.05, 0) is 42.5 Å². The molecule has 3 atom stereocenters. The van der Waals surface area contributed by atoms with E-state index < -0.39 is 0 Å². The summed E-state index contributed by atoms with van der Waals surface area (Å²) in [5.41, 5.74) is 0.648. The van der Waals surface area contributed by atoms with Crippen LogP contribution in [-0.4, -0.2) is 54.9 Å². The first-order chi connectivity index (χ1) is 11.8. The van der Waals surface area contributed by atoms with Crippen LogP contribution in [-0.2, 0) is 4.74 Å². The van der Waals surface area contributed by atoms with Gasteiger partial charge in [0.2, 0.25) is 0 Å². The third-order valence-electron chi connectivity index (χ3n) is 5.60. The van der Waals surface area contributed by atoms with E-state index in [1.54, 1.807) is 6.07 Å². The molecule has 0 spiro atoms. The van der Waals surface area contributed by atoms with E-state index in [1.807, 2.05) is 18.2 Å². The Hall–Kier alpha value is -1.22. The van der Waals surface area contributed by atoms with Gasteiger partial charge in [0.25, 0.3) is 0 Å². The minimum absolute atomic E-state index is 0.388. The molecule has 4 nitrogen and oxygen atoms in total. The molecule has 0 bridgehead atoms. The lowest BCUT2D eigenvalue weighted by atomic mass is 9.94. The maximum atomic E-state index is 8.99. The summed E-state index contributed by atoms with van der Waals surface area (Å²) in [5.74, 6) is 4.46. The van der Waals surface area contributed by atoms with Gasteiger partial charge in [0.1, 0.15) is 5.75 Å². The number of hydrogen-bond acceptors (Lipinski definition) is 5. The Morgan fingerprint density at radius 2 is 2.17 bits per heavy atom. The summed E-state index contributed by atoms with van der Waals surface area (Å²) in [6, 6.07) is 10.3. The van der Waals surface area contributed by atoms with Crippen molar-refractivity contribution >= 4 is 11.8 Å². The van der Waals surface area contributed by atoms with Crippen molar-refractivity contribution in [2.75, 3.05) is 37.8 Å². The number of thioether (sulfide) groups is 1. The van der Waals surface area contributed by atoms with Gasteiger partial charge in [-0.2, -0.15) is 17.0 Å². The third kappa shape index (κ3) is 3.42. The van der Waals surface area contributed by atoms with Gasteiger partial charge in [0.05, 0.1) is 31.0 Å². The smallest absolute Gasteiger partial charge is 0.120 e. The molecule has 128 valence electrons. The number of hydrogen-bond donors (Lipinski definition) is 0. The zero-order valence-electron chi connectivity index (χ0n) is 13.9. The number of likely N-dealkylation sites (tertiary alicyclic amines) is 1. The molecule has 24 heavy (non-hydrogen) atoms. The highest BCUT2D eigenvalue weighted by Crippen LogP contribution is 2.37. The quantitative estimate of drug-likeness (QED) is 0.840. The molecule has 3 saturated heterocycles. The Balaban J connectivity index is 1.33. The van der Waals surface area contributed by atoms with Crippen molar-refractivity contribution in [3.05, 3.63) is 29.8 Å². The lowest BCUT2D eigenvalue weighted by Crippen LogP contribution is -2.38. The molecular weight excluding hydrogens is 320 g/mol. The van der Waals surface area contributed by atoms with Crippen LogP contribution in [0.4, 0.5) is 0 Å². The molecule has 0 aromatic heterocycles. The Bertz CT molecular complexity index is 612. The van der Waals surface area contributed by atoms with E-state index in [2.05, 4.69) is 22.7 Å². The van der Waals surface area contributed by atoms with Gasteiger partial charge in [0, 0.05) is 31.0 Å². The van der Waals surface area contributed by atoms with Gasteiger partial charge in [0.15, 0.2) is 0 Å². The van der Waals surface area contributed by atoms with Crippen molar-refractivity contribution in [3.63, 3.8) is 0 Å². The van der Waals surface area contributed by atoms with Crippen LogP contribution in [0.15, 0.2) is 24.3 Å². The van der Waals surface area contributed by atoms with Gasteiger partial charge in [-0.25, -0.2) is 0 Å². The summed E-state index contributed by atoms with van der Waals surface area (Å²) in [4.78, 5) is 2.66.